The van der Waals surface area contributed by atoms with Crippen molar-refractivity contribution in [1.29, 1.82) is 0 Å². The lowest BCUT2D eigenvalue weighted by molar-refractivity contribution is 0.469. The third-order valence-electron chi connectivity index (χ3n) is 4.50. The molecule has 0 spiro atoms. The highest BCUT2D eigenvalue weighted by molar-refractivity contribution is 5.49. The number of aryl methyl sites for hydroxylation is 4. The van der Waals surface area contributed by atoms with E-state index in [1.165, 1.54) is 11.1 Å². The van der Waals surface area contributed by atoms with Crippen LogP contribution in [0.25, 0.3) is 0 Å². The van der Waals surface area contributed by atoms with Gasteiger partial charge in [-0.15, -0.1) is 0 Å². The predicted molar refractivity (Wildman–Crippen MR) is 91.9 cm³/mol. The molecule has 0 saturated carbocycles. The van der Waals surface area contributed by atoms with E-state index in [1.54, 1.807) is 0 Å². The lowest BCUT2D eigenvalue weighted by atomic mass is 9.82. The Labute approximate surface area is 133 Å². The third kappa shape index (κ3) is 3.11. The number of hydrogen-bond donors (Lipinski definition) is 2. The number of benzene rings is 2. The van der Waals surface area contributed by atoms with Crippen molar-refractivity contribution in [2.24, 2.45) is 0 Å². The minimum absolute atomic E-state index is 0.295. The first kappa shape index (κ1) is 16.4. The van der Waals surface area contributed by atoms with E-state index in [4.69, 9.17) is 0 Å². The van der Waals surface area contributed by atoms with Gasteiger partial charge in [-0.2, -0.15) is 0 Å². The molecule has 0 heterocycles. The molecule has 2 rings (SSSR count). The monoisotopic (exact) mass is 298 g/mol. The van der Waals surface area contributed by atoms with Gasteiger partial charge in [0.15, 0.2) is 0 Å². The molecule has 2 aromatic carbocycles. The molecule has 2 N–H and O–H groups in total. The van der Waals surface area contributed by atoms with E-state index >= 15 is 0 Å². The summed E-state index contributed by atoms with van der Waals surface area (Å²) < 4.78 is 0. The molecule has 22 heavy (non-hydrogen) atoms. The molecular formula is C20H26O2. The van der Waals surface area contributed by atoms with Crippen molar-refractivity contribution >= 4 is 0 Å². The van der Waals surface area contributed by atoms with E-state index in [1.807, 2.05) is 26.0 Å². The number of phenolic OH excluding ortho intramolecular Hbond substituents is 2. The molecule has 2 nitrogen and oxygen atoms in total. The number of aromatic hydroxyl groups is 2. The Kier molecular flexibility index (Phi) is 4.80. The van der Waals surface area contributed by atoms with Gasteiger partial charge in [-0.1, -0.05) is 25.5 Å². The molecule has 0 aliphatic heterocycles. The van der Waals surface area contributed by atoms with Gasteiger partial charge >= 0.3 is 0 Å². The first-order valence-corrected chi connectivity index (χ1v) is 7.95. The van der Waals surface area contributed by atoms with Gasteiger partial charge in [0.1, 0.15) is 11.5 Å². The highest BCUT2D eigenvalue weighted by Gasteiger charge is 2.19. The molecule has 0 bridgehead atoms. The fourth-order valence-electron chi connectivity index (χ4n) is 3.16. The van der Waals surface area contributed by atoms with Crippen LogP contribution in [0.4, 0.5) is 0 Å². The van der Waals surface area contributed by atoms with Crippen molar-refractivity contribution < 1.29 is 10.2 Å². The van der Waals surface area contributed by atoms with Crippen LogP contribution in [0.3, 0.4) is 0 Å². The van der Waals surface area contributed by atoms with Crippen LogP contribution in [0, 0.1) is 27.7 Å². The summed E-state index contributed by atoms with van der Waals surface area (Å²) in [5, 5.41) is 19.8. The van der Waals surface area contributed by atoms with Crippen molar-refractivity contribution in [2.45, 2.75) is 53.4 Å². The van der Waals surface area contributed by atoms with Gasteiger partial charge in [-0.05, 0) is 79.6 Å². The van der Waals surface area contributed by atoms with Crippen LogP contribution in [0.1, 0.15) is 59.1 Å². The van der Waals surface area contributed by atoms with Gasteiger partial charge < -0.3 is 10.2 Å². The maximum absolute atomic E-state index is 9.91. The first-order chi connectivity index (χ1) is 10.3. The summed E-state index contributed by atoms with van der Waals surface area (Å²) in [5.74, 6) is 1.01. The number of phenols is 2. The van der Waals surface area contributed by atoms with Crippen LogP contribution in [-0.4, -0.2) is 10.2 Å². The van der Waals surface area contributed by atoms with Crippen LogP contribution >= 0.6 is 0 Å². The van der Waals surface area contributed by atoms with Crippen LogP contribution in [0.15, 0.2) is 24.3 Å². The average molecular weight is 298 g/mol. The molecule has 118 valence electrons. The van der Waals surface area contributed by atoms with E-state index in [-0.39, 0.29) is 0 Å². The Hall–Kier alpha value is -1.96. The second-order valence-electron chi connectivity index (χ2n) is 6.33. The molecule has 2 heteroatoms. The van der Waals surface area contributed by atoms with Gasteiger partial charge in [-0.25, -0.2) is 0 Å². The molecule has 0 aliphatic rings. The standard InChI is InChI=1S/C20H26O2/c1-6-7-16(17-8-14(4)19(21)10-12(17)2)18-9-15(5)20(22)11-13(18)3/h8-11,16,21-22H,6-7H2,1-5H3. The molecule has 0 saturated heterocycles. The highest BCUT2D eigenvalue weighted by Crippen LogP contribution is 2.37. The summed E-state index contributed by atoms with van der Waals surface area (Å²) in [6, 6.07) is 7.92. The average Bonchev–Trinajstić information content (AvgIpc) is 2.45. The Morgan fingerprint density at radius 3 is 1.50 bits per heavy atom. The molecular weight excluding hydrogens is 272 g/mol. The molecule has 0 aromatic heterocycles. The van der Waals surface area contributed by atoms with Crippen LogP contribution in [0.2, 0.25) is 0 Å². The summed E-state index contributed by atoms with van der Waals surface area (Å²) in [5.41, 5.74) is 6.60. The molecule has 0 atom stereocenters. The molecule has 0 radical (unpaired) electrons. The number of rotatable bonds is 4. The fourth-order valence-corrected chi connectivity index (χ4v) is 3.16. The zero-order chi connectivity index (χ0) is 16.4. The van der Waals surface area contributed by atoms with Gasteiger partial charge in [0.25, 0.3) is 0 Å². The van der Waals surface area contributed by atoms with Crippen molar-refractivity contribution in [3.63, 3.8) is 0 Å². The fraction of sp³-hybridized carbons (Fsp3) is 0.400. The van der Waals surface area contributed by atoms with Gasteiger partial charge in [0, 0.05) is 5.92 Å². The van der Waals surface area contributed by atoms with Crippen LogP contribution in [0.5, 0.6) is 11.5 Å². The van der Waals surface area contributed by atoms with E-state index in [0.717, 1.165) is 35.1 Å². The SMILES string of the molecule is CCCC(c1cc(C)c(O)cc1C)c1cc(C)c(O)cc1C. The molecule has 2 aromatic rings. The van der Waals surface area contributed by atoms with Crippen molar-refractivity contribution in [3.8, 4) is 11.5 Å². The van der Waals surface area contributed by atoms with E-state index < -0.39 is 0 Å². The quantitative estimate of drug-likeness (QED) is 0.808. The van der Waals surface area contributed by atoms with Gasteiger partial charge in [0.05, 0.1) is 0 Å². The maximum atomic E-state index is 9.91. The largest absolute Gasteiger partial charge is 0.508 e. The van der Waals surface area contributed by atoms with Gasteiger partial charge in [0.2, 0.25) is 0 Å². The molecule has 0 fully saturated rings. The first-order valence-electron chi connectivity index (χ1n) is 7.95. The summed E-state index contributed by atoms with van der Waals surface area (Å²) in [6.07, 6.45) is 2.14. The smallest absolute Gasteiger partial charge is 0.118 e. The minimum Gasteiger partial charge on any atom is -0.508 e. The number of hydrogen-bond acceptors (Lipinski definition) is 2. The van der Waals surface area contributed by atoms with Gasteiger partial charge in [-0.3, -0.25) is 0 Å². The minimum atomic E-state index is 0.295. The summed E-state index contributed by atoms with van der Waals surface area (Å²) in [4.78, 5) is 0. The highest BCUT2D eigenvalue weighted by atomic mass is 16.3. The Morgan fingerprint density at radius 1 is 0.727 bits per heavy atom. The second kappa shape index (κ2) is 6.43. The van der Waals surface area contributed by atoms with Crippen molar-refractivity contribution in [3.05, 3.63) is 57.6 Å². The third-order valence-corrected chi connectivity index (χ3v) is 4.50. The molecule has 0 amide bonds. The molecule has 0 aliphatic carbocycles. The second-order valence-corrected chi connectivity index (χ2v) is 6.33. The maximum Gasteiger partial charge on any atom is 0.118 e. The van der Waals surface area contributed by atoms with E-state index in [9.17, 15) is 10.2 Å². The summed E-state index contributed by atoms with van der Waals surface area (Å²) in [6.45, 7) is 10.2. The zero-order valence-corrected chi connectivity index (χ0v) is 14.2. The lowest BCUT2D eigenvalue weighted by Crippen LogP contribution is -2.06. The van der Waals surface area contributed by atoms with Crippen LogP contribution < -0.4 is 0 Å². The van der Waals surface area contributed by atoms with Crippen molar-refractivity contribution in [1.82, 2.24) is 0 Å². The Balaban J connectivity index is 2.61. The lowest BCUT2D eigenvalue weighted by Gasteiger charge is -2.23. The van der Waals surface area contributed by atoms with E-state index in [2.05, 4.69) is 32.9 Å². The van der Waals surface area contributed by atoms with Crippen LogP contribution in [-0.2, 0) is 0 Å². The van der Waals surface area contributed by atoms with Crippen molar-refractivity contribution in [2.75, 3.05) is 0 Å². The predicted octanol–water partition coefficient (Wildman–Crippen LogP) is 5.26. The molecule has 0 unspecified atom stereocenters. The topological polar surface area (TPSA) is 40.5 Å². The zero-order valence-electron chi connectivity index (χ0n) is 14.2. The normalized spacial score (nSPS) is 11.2. The summed E-state index contributed by atoms with van der Waals surface area (Å²) >= 11 is 0. The Bertz CT molecular complexity index is 629. The summed E-state index contributed by atoms with van der Waals surface area (Å²) in [7, 11) is 0. The Morgan fingerprint density at radius 2 is 1.14 bits per heavy atom. The van der Waals surface area contributed by atoms with E-state index in [0.29, 0.717) is 17.4 Å².